The van der Waals surface area contributed by atoms with Crippen LogP contribution in [0.4, 0.5) is 5.69 Å². The van der Waals surface area contributed by atoms with Crippen molar-refractivity contribution in [1.29, 1.82) is 0 Å². The highest BCUT2D eigenvalue weighted by molar-refractivity contribution is 14.1. The van der Waals surface area contributed by atoms with Crippen molar-refractivity contribution in [3.63, 3.8) is 0 Å². The average molecular weight is 420 g/mol. The third kappa shape index (κ3) is 2.96. The van der Waals surface area contributed by atoms with E-state index in [2.05, 4.69) is 38.5 Å². The molecule has 2 aromatic rings. The molecule has 3 nitrogen and oxygen atoms in total. The van der Waals surface area contributed by atoms with Crippen molar-refractivity contribution in [2.24, 2.45) is 0 Å². The highest BCUT2D eigenvalue weighted by Crippen LogP contribution is 2.35. The van der Waals surface area contributed by atoms with Gasteiger partial charge >= 0.3 is 0 Å². The lowest BCUT2D eigenvalue weighted by atomic mass is 10.2. The van der Waals surface area contributed by atoms with Crippen LogP contribution in [-0.4, -0.2) is 5.11 Å². The summed E-state index contributed by atoms with van der Waals surface area (Å²) in [4.78, 5) is 0. The molecule has 2 rings (SSSR count). The van der Waals surface area contributed by atoms with E-state index in [-0.39, 0.29) is 6.61 Å². The van der Waals surface area contributed by atoms with E-state index in [1.165, 1.54) is 0 Å². The van der Waals surface area contributed by atoms with Crippen LogP contribution in [0, 0.1) is 3.57 Å². The van der Waals surface area contributed by atoms with Crippen molar-refractivity contribution in [2.45, 2.75) is 6.61 Å². The summed E-state index contributed by atoms with van der Waals surface area (Å²) in [6.07, 6.45) is 0. The lowest BCUT2D eigenvalue weighted by molar-refractivity contribution is 0.282. The van der Waals surface area contributed by atoms with E-state index in [0.29, 0.717) is 17.0 Å². The third-order valence-electron chi connectivity index (χ3n) is 2.42. The van der Waals surface area contributed by atoms with Crippen molar-refractivity contribution < 1.29 is 9.84 Å². The van der Waals surface area contributed by atoms with E-state index >= 15 is 0 Å². The zero-order valence-electron chi connectivity index (χ0n) is 9.36. The minimum Gasteiger partial charge on any atom is -0.454 e. The third-order valence-corrected chi connectivity index (χ3v) is 3.77. The fraction of sp³-hybridized carbons (Fsp3) is 0.0769. The summed E-state index contributed by atoms with van der Waals surface area (Å²) >= 11 is 5.57. The number of ether oxygens (including phenoxy) is 1. The SMILES string of the molecule is Nc1c(CO)cc(Br)cc1Oc1ccccc1I. The van der Waals surface area contributed by atoms with Crippen LogP contribution in [0.2, 0.25) is 0 Å². The Kier molecular flexibility index (Phi) is 4.47. The summed E-state index contributed by atoms with van der Waals surface area (Å²) in [5, 5.41) is 9.23. The molecule has 5 heteroatoms. The Morgan fingerprint density at radius 1 is 1.22 bits per heavy atom. The molecule has 0 aliphatic heterocycles. The van der Waals surface area contributed by atoms with Gasteiger partial charge in [0.05, 0.1) is 15.9 Å². The van der Waals surface area contributed by atoms with Gasteiger partial charge in [0.25, 0.3) is 0 Å². The number of aliphatic hydroxyl groups is 1. The van der Waals surface area contributed by atoms with E-state index in [1.807, 2.05) is 24.3 Å². The van der Waals surface area contributed by atoms with Gasteiger partial charge in [0.2, 0.25) is 0 Å². The van der Waals surface area contributed by atoms with Crippen molar-refractivity contribution in [3.8, 4) is 11.5 Å². The number of hydrogen-bond donors (Lipinski definition) is 2. The molecule has 0 heterocycles. The Balaban J connectivity index is 2.40. The Labute approximate surface area is 127 Å². The number of hydrogen-bond acceptors (Lipinski definition) is 3. The van der Waals surface area contributed by atoms with E-state index in [9.17, 15) is 5.11 Å². The van der Waals surface area contributed by atoms with E-state index in [1.54, 1.807) is 12.1 Å². The number of halogens is 2. The van der Waals surface area contributed by atoms with Crippen LogP contribution >= 0.6 is 38.5 Å². The minimum atomic E-state index is -0.118. The van der Waals surface area contributed by atoms with Gasteiger partial charge in [-0.15, -0.1) is 0 Å². The second kappa shape index (κ2) is 5.90. The molecule has 3 N–H and O–H groups in total. The average Bonchev–Trinajstić information content (AvgIpc) is 2.36. The number of para-hydroxylation sites is 1. The molecule has 0 saturated heterocycles. The van der Waals surface area contributed by atoms with Crippen molar-refractivity contribution >= 4 is 44.2 Å². The second-order valence-electron chi connectivity index (χ2n) is 3.67. The summed E-state index contributed by atoms with van der Waals surface area (Å²) in [6, 6.07) is 11.2. The molecule has 0 radical (unpaired) electrons. The van der Waals surface area contributed by atoms with Crippen LogP contribution in [0.3, 0.4) is 0 Å². The number of benzene rings is 2. The topological polar surface area (TPSA) is 55.5 Å². The lowest BCUT2D eigenvalue weighted by Crippen LogP contribution is -1.99. The molecule has 2 aromatic carbocycles. The number of aliphatic hydroxyl groups excluding tert-OH is 1. The van der Waals surface area contributed by atoms with Gasteiger partial charge in [0.15, 0.2) is 5.75 Å². The van der Waals surface area contributed by atoms with Crippen LogP contribution in [-0.2, 0) is 6.61 Å². The zero-order valence-corrected chi connectivity index (χ0v) is 13.1. The molecule has 0 aromatic heterocycles. The largest absolute Gasteiger partial charge is 0.454 e. The van der Waals surface area contributed by atoms with Gasteiger partial charge in [-0.3, -0.25) is 0 Å². The maximum Gasteiger partial charge on any atom is 0.151 e. The van der Waals surface area contributed by atoms with E-state index in [4.69, 9.17) is 10.5 Å². The Bertz CT molecular complexity index is 575. The first-order valence-electron chi connectivity index (χ1n) is 5.23. The van der Waals surface area contributed by atoms with Gasteiger partial charge in [0.1, 0.15) is 5.75 Å². The first-order chi connectivity index (χ1) is 8.61. The molecule has 0 spiro atoms. The first kappa shape index (κ1) is 13.6. The zero-order chi connectivity index (χ0) is 13.1. The Morgan fingerprint density at radius 3 is 2.61 bits per heavy atom. The fourth-order valence-electron chi connectivity index (χ4n) is 1.51. The van der Waals surface area contributed by atoms with Crippen LogP contribution in [0.15, 0.2) is 40.9 Å². The number of nitrogens with two attached hydrogens (primary N) is 1. The standard InChI is InChI=1S/C13H11BrINO2/c14-9-5-8(7-17)13(16)12(6-9)18-11-4-2-1-3-10(11)15/h1-6,17H,7,16H2. The molecular formula is C13H11BrINO2. The number of nitrogen functional groups attached to an aromatic ring is 1. The fourth-order valence-corrected chi connectivity index (χ4v) is 2.49. The van der Waals surface area contributed by atoms with Gasteiger partial charge in [-0.25, -0.2) is 0 Å². The quantitative estimate of drug-likeness (QED) is 0.585. The molecule has 0 atom stereocenters. The lowest BCUT2D eigenvalue weighted by Gasteiger charge is -2.13. The summed E-state index contributed by atoms with van der Waals surface area (Å²) in [7, 11) is 0. The molecule has 0 bridgehead atoms. The highest BCUT2D eigenvalue weighted by Gasteiger charge is 2.10. The predicted molar refractivity (Wildman–Crippen MR) is 83.7 cm³/mol. The summed E-state index contributed by atoms with van der Waals surface area (Å²) in [5.74, 6) is 1.28. The van der Waals surface area contributed by atoms with E-state index in [0.717, 1.165) is 13.8 Å². The maximum atomic E-state index is 9.23. The van der Waals surface area contributed by atoms with Gasteiger partial charge in [-0.05, 0) is 46.9 Å². The van der Waals surface area contributed by atoms with Gasteiger partial charge < -0.3 is 15.6 Å². The van der Waals surface area contributed by atoms with Crippen molar-refractivity contribution in [2.75, 3.05) is 5.73 Å². The van der Waals surface area contributed by atoms with Crippen LogP contribution < -0.4 is 10.5 Å². The summed E-state index contributed by atoms with van der Waals surface area (Å²) in [5.41, 5.74) is 7.05. The number of rotatable bonds is 3. The normalized spacial score (nSPS) is 10.4. The van der Waals surface area contributed by atoms with Crippen LogP contribution in [0.25, 0.3) is 0 Å². The monoisotopic (exact) mass is 419 g/mol. The Morgan fingerprint density at radius 2 is 1.94 bits per heavy atom. The van der Waals surface area contributed by atoms with Crippen LogP contribution in [0.5, 0.6) is 11.5 Å². The molecule has 0 saturated carbocycles. The molecule has 0 fully saturated rings. The Hall–Kier alpha value is -0.790. The summed E-state index contributed by atoms with van der Waals surface area (Å²) in [6.45, 7) is -0.118. The maximum absolute atomic E-state index is 9.23. The first-order valence-corrected chi connectivity index (χ1v) is 7.10. The van der Waals surface area contributed by atoms with Gasteiger partial charge in [-0.1, -0.05) is 28.1 Å². The smallest absolute Gasteiger partial charge is 0.151 e. The second-order valence-corrected chi connectivity index (χ2v) is 5.75. The van der Waals surface area contributed by atoms with Gasteiger partial charge in [-0.2, -0.15) is 0 Å². The molecule has 18 heavy (non-hydrogen) atoms. The van der Waals surface area contributed by atoms with Crippen molar-refractivity contribution in [1.82, 2.24) is 0 Å². The minimum absolute atomic E-state index is 0.118. The molecular weight excluding hydrogens is 409 g/mol. The van der Waals surface area contributed by atoms with Crippen LogP contribution in [0.1, 0.15) is 5.56 Å². The molecule has 0 amide bonds. The van der Waals surface area contributed by atoms with Crippen molar-refractivity contribution in [3.05, 3.63) is 50.0 Å². The molecule has 0 aliphatic carbocycles. The summed E-state index contributed by atoms with van der Waals surface area (Å²) < 4.78 is 7.61. The van der Waals surface area contributed by atoms with Gasteiger partial charge in [0, 0.05) is 10.0 Å². The molecule has 0 aliphatic rings. The predicted octanol–water partition coefficient (Wildman–Crippen LogP) is 3.92. The number of anilines is 1. The van der Waals surface area contributed by atoms with E-state index < -0.39 is 0 Å². The molecule has 94 valence electrons. The highest BCUT2D eigenvalue weighted by atomic mass is 127. The molecule has 0 unspecified atom stereocenters.